The minimum absolute atomic E-state index is 0.0821. The summed E-state index contributed by atoms with van der Waals surface area (Å²) in [6, 6.07) is 9.36. The van der Waals surface area contributed by atoms with E-state index in [1.165, 1.54) is 0 Å². The highest BCUT2D eigenvalue weighted by Crippen LogP contribution is 2.40. The minimum atomic E-state index is -1.15. The Labute approximate surface area is 156 Å². The quantitative estimate of drug-likeness (QED) is 0.796. The predicted octanol–water partition coefficient (Wildman–Crippen LogP) is 2.68. The smallest absolute Gasteiger partial charge is 0.408 e. The summed E-state index contributed by atoms with van der Waals surface area (Å²) >= 11 is 0. The maximum Gasteiger partial charge on any atom is 0.408 e. The van der Waals surface area contributed by atoms with Crippen LogP contribution in [0.15, 0.2) is 30.3 Å². The van der Waals surface area contributed by atoms with E-state index in [1.54, 1.807) is 6.92 Å². The molecule has 0 spiro atoms. The van der Waals surface area contributed by atoms with E-state index in [1.807, 2.05) is 30.3 Å². The molecule has 2 aliphatic heterocycles. The summed E-state index contributed by atoms with van der Waals surface area (Å²) in [7, 11) is -0.951. The second-order valence-corrected chi connectivity index (χ2v) is 8.89. The normalized spacial score (nSPS) is 30.3. The van der Waals surface area contributed by atoms with Crippen molar-refractivity contribution in [3.8, 4) is 0 Å². The Morgan fingerprint density at radius 1 is 1.15 bits per heavy atom. The molecular weight excluding hydrogens is 354 g/mol. The molecule has 0 aromatic heterocycles. The molecule has 6 nitrogen and oxygen atoms in total. The topological polar surface area (TPSA) is 81.7 Å². The molecule has 2 heterocycles. The van der Waals surface area contributed by atoms with Gasteiger partial charge in [0.25, 0.3) is 0 Å². The van der Waals surface area contributed by atoms with Crippen LogP contribution < -0.4 is 5.32 Å². The summed E-state index contributed by atoms with van der Waals surface area (Å²) in [6.07, 6.45) is 2.67. The van der Waals surface area contributed by atoms with Gasteiger partial charge in [-0.15, -0.1) is 0 Å². The van der Waals surface area contributed by atoms with E-state index in [0.717, 1.165) is 24.8 Å². The lowest BCUT2D eigenvalue weighted by Crippen LogP contribution is -2.63. The first-order valence-electron chi connectivity index (χ1n) is 9.09. The summed E-state index contributed by atoms with van der Waals surface area (Å²) in [4.78, 5) is 25.1. The number of fused-ring (bicyclic) bond motifs is 2. The number of alkyl carbamates (subject to hydrolysis) is 1. The summed E-state index contributed by atoms with van der Waals surface area (Å²) in [5.41, 5.74) is -0.276. The van der Waals surface area contributed by atoms with Gasteiger partial charge in [0.05, 0.1) is 6.61 Å². The van der Waals surface area contributed by atoms with Crippen LogP contribution >= 0.6 is 0 Å². The van der Waals surface area contributed by atoms with Crippen LogP contribution in [0.25, 0.3) is 0 Å². The van der Waals surface area contributed by atoms with Crippen LogP contribution in [0.4, 0.5) is 4.79 Å². The first kappa shape index (κ1) is 18.9. The number of benzene rings is 1. The molecule has 1 aromatic carbocycles. The molecule has 2 atom stereocenters. The van der Waals surface area contributed by atoms with Crippen molar-refractivity contribution in [3.05, 3.63) is 35.9 Å². The van der Waals surface area contributed by atoms with Crippen molar-refractivity contribution in [1.82, 2.24) is 5.32 Å². The fraction of sp³-hybridized carbons (Fsp3) is 0.579. The third-order valence-corrected chi connectivity index (χ3v) is 7.20. The van der Waals surface area contributed by atoms with Crippen LogP contribution in [0.1, 0.15) is 44.6 Å². The molecule has 7 heteroatoms. The van der Waals surface area contributed by atoms with Crippen molar-refractivity contribution in [1.29, 1.82) is 0 Å². The predicted molar refractivity (Wildman–Crippen MR) is 97.9 cm³/mol. The molecule has 142 valence electrons. The van der Waals surface area contributed by atoms with E-state index in [0.29, 0.717) is 12.8 Å². The number of rotatable bonds is 5. The number of carbonyl (C=O) groups is 2. The Balaban J connectivity index is 1.71. The van der Waals surface area contributed by atoms with Crippen molar-refractivity contribution in [2.45, 2.75) is 61.7 Å². The molecule has 2 aliphatic rings. The summed E-state index contributed by atoms with van der Waals surface area (Å²) < 4.78 is 23.0. The van der Waals surface area contributed by atoms with Crippen LogP contribution in [0.5, 0.6) is 0 Å². The zero-order valence-electron chi connectivity index (χ0n) is 14.9. The molecule has 0 aliphatic carbocycles. The Morgan fingerprint density at radius 2 is 1.81 bits per heavy atom. The van der Waals surface area contributed by atoms with Crippen LogP contribution in [-0.4, -0.2) is 38.9 Å². The van der Waals surface area contributed by atoms with E-state index >= 15 is 0 Å². The molecule has 3 rings (SSSR count). The van der Waals surface area contributed by atoms with Gasteiger partial charge in [0.1, 0.15) is 12.1 Å². The Kier molecular flexibility index (Phi) is 5.96. The largest absolute Gasteiger partial charge is 0.464 e. The Hall–Kier alpha value is -1.89. The maximum atomic E-state index is 12.7. The van der Waals surface area contributed by atoms with E-state index in [9.17, 15) is 13.8 Å². The first-order valence-corrected chi connectivity index (χ1v) is 10.4. The van der Waals surface area contributed by atoms with Crippen LogP contribution in [0.2, 0.25) is 0 Å². The molecule has 0 radical (unpaired) electrons. The van der Waals surface area contributed by atoms with Gasteiger partial charge in [0.15, 0.2) is 0 Å². The van der Waals surface area contributed by atoms with Crippen molar-refractivity contribution in [3.63, 3.8) is 0 Å². The maximum absolute atomic E-state index is 12.7. The summed E-state index contributed by atoms with van der Waals surface area (Å²) in [6.45, 7) is 2.10. The highest BCUT2D eigenvalue weighted by atomic mass is 32.2. The molecule has 2 bridgehead atoms. The van der Waals surface area contributed by atoms with Crippen LogP contribution in [0.3, 0.4) is 0 Å². The van der Waals surface area contributed by atoms with Gasteiger partial charge in [-0.3, -0.25) is 4.21 Å². The molecule has 2 fully saturated rings. The lowest BCUT2D eigenvalue weighted by molar-refractivity contribution is -0.152. The molecule has 2 unspecified atom stereocenters. The van der Waals surface area contributed by atoms with Gasteiger partial charge < -0.3 is 14.8 Å². The monoisotopic (exact) mass is 379 g/mol. The van der Waals surface area contributed by atoms with E-state index in [2.05, 4.69) is 5.32 Å². The van der Waals surface area contributed by atoms with Gasteiger partial charge in [-0.2, -0.15) is 0 Å². The SMILES string of the molecule is CCOC(=O)C1(NC(=O)OCc2ccccc2)CC2CCCC(C1)S2=O. The van der Waals surface area contributed by atoms with Gasteiger partial charge in [0.2, 0.25) is 0 Å². The third-order valence-electron chi connectivity index (χ3n) is 5.08. The standard InChI is InChI=1S/C19H25NO5S/c1-2-24-17(21)19(11-15-9-6-10-16(12-19)26(15)23)20-18(22)25-13-14-7-4-3-5-8-14/h3-5,7-8,15-16H,2,6,9-13H2,1H3,(H,20,22). The molecule has 26 heavy (non-hydrogen) atoms. The van der Waals surface area contributed by atoms with Crippen molar-refractivity contribution in [2.75, 3.05) is 6.61 Å². The first-order chi connectivity index (χ1) is 12.5. The number of carbonyl (C=O) groups excluding carboxylic acids is 2. The summed E-state index contributed by atoms with van der Waals surface area (Å²) in [5, 5.41) is 2.60. The zero-order chi connectivity index (χ0) is 18.6. The summed E-state index contributed by atoms with van der Waals surface area (Å²) in [5.74, 6) is -0.453. The number of ether oxygens (including phenoxy) is 2. The van der Waals surface area contributed by atoms with E-state index in [4.69, 9.17) is 9.47 Å². The molecule has 1 N–H and O–H groups in total. The average Bonchev–Trinajstić information content (AvgIpc) is 2.62. The number of amides is 1. The number of esters is 1. The minimum Gasteiger partial charge on any atom is -0.464 e. The zero-order valence-corrected chi connectivity index (χ0v) is 15.8. The Morgan fingerprint density at radius 3 is 2.42 bits per heavy atom. The van der Waals surface area contributed by atoms with E-state index < -0.39 is 28.4 Å². The fourth-order valence-electron chi connectivity index (χ4n) is 3.85. The van der Waals surface area contributed by atoms with Crippen LogP contribution in [0, 0.1) is 0 Å². The highest BCUT2D eigenvalue weighted by molar-refractivity contribution is 7.86. The van der Waals surface area contributed by atoms with Crippen molar-refractivity contribution >= 4 is 22.9 Å². The Bertz CT molecular complexity index is 662. The highest BCUT2D eigenvalue weighted by Gasteiger charge is 2.52. The average molecular weight is 379 g/mol. The van der Waals surface area contributed by atoms with Crippen molar-refractivity contribution in [2.24, 2.45) is 0 Å². The van der Waals surface area contributed by atoms with Crippen LogP contribution in [-0.2, 0) is 31.7 Å². The molecular formula is C19H25NO5S. The van der Waals surface area contributed by atoms with Gasteiger partial charge in [-0.05, 0) is 38.2 Å². The molecule has 1 aromatic rings. The number of hydrogen-bond donors (Lipinski definition) is 1. The van der Waals surface area contributed by atoms with E-state index in [-0.39, 0.29) is 23.7 Å². The lowest BCUT2D eigenvalue weighted by Gasteiger charge is -2.44. The van der Waals surface area contributed by atoms with Crippen molar-refractivity contribution < 1.29 is 23.3 Å². The van der Waals surface area contributed by atoms with Gasteiger partial charge in [-0.25, -0.2) is 9.59 Å². The molecule has 0 saturated carbocycles. The second kappa shape index (κ2) is 8.20. The molecule has 2 saturated heterocycles. The van der Waals surface area contributed by atoms with Gasteiger partial charge >= 0.3 is 12.1 Å². The number of hydrogen-bond acceptors (Lipinski definition) is 5. The number of nitrogens with one attached hydrogen (secondary N) is 1. The van der Waals surface area contributed by atoms with Gasteiger partial charge in [0, 0.05) is 21.3 Å². The molecule has 1 amide bonds. The third kappa shape index (κ3) is 4.09. The lowest BCUT2D eigenvalue weighted by atomic mass is 9.82. The fourth-order valence-corrected chi connectivity index (χ4v) is 6.09. The second-order valence-electron chi connectivity index (χ2n) is 6.90. The van der Waals surface area contributed by atoms with Gasteiger partial charge in [-0.1, -0.05) is 36.8 Å².